The van der Waals surface area contributed by atoms with Gasteiger partial charge in [0.15, 0.2) is 4.91 Å². The predicted octanol–water partition coefficient (Wildman–Crippen LogP) is 3.33. The van der Waals surface area contributed by atoms with Gasteiger partial charge in [-0.15, -0.1) is 11.3 Å². The molecule has 3 rings (SSSR count). The first kappa shape index (κ1) is 16.9. The number of nitrogens with one attached hydrogen (secondary N) is 1. The number of hydrogen-bond acceptors (Lipinski definition) is 6. The lowest BCUT2D eigenvalue weighted by atomic mass is 10.1. The molecule has 0 bridgehead atoms. The maximum atomic E-state index is 12.7. The van der Waals surface area contributed by atoms with Gasteiger partial charge in [0.25, 0.3) is 10.0 Å². The Morgan fingerprint density at radius 3 is 2.67 bits per heavy atom. The number of anilines is 2. The lowest BCUT2D eigenvalue weighted by molar-refractivity contribution is 0.104. The molecule has 0 radical (unpaired) electrons. The van der Waals surface area contributed by atoms with Crippen LogP contribution in [0.4, 0.5) is 10.8 Å². The van der Waals surface area contributed by atoms with Gasteiger partial charge in [0.2, 0.25) is 5.78 Å². The van der Waals surface area contributed by atoms with E-state index in [1.165, 1.54) is 30.8 Å². The molecule has 0 amide bonds. The highest BCUT2D eigenvalue weighted by atomic mass is 35.5. The number of fused-ring (bicyclic) bond motifs is 1. The number of pyridine rings is 1. The van der Waals surface area contributed by atoms with E-state index in [1.807, 2.05) is 13.8 Å². The minimum absolute atomic E-state index is 0.310. The smallest absolute Gasteiger partial charge is 0.270 e. The summed E-state index contributed by atoms with van der Waals surface area (Å²) in [5.41, 5.74) is 1.24. The van der Waals surface area contributed by atoms with Crippen LogP contribution in [-0.2, 0) is 10.0 Å². The van der Waals surface area contributed by atoms with Crippen molar-refractivity contribution >= 4 is 49.6 Å². The molecule has 0 saturated carbocycles. The zero-order chi connectivity index (χ0) is 17.6. The summed E-state index contributed by atoms with van der Waals surface area (Å²) in [7, 11) is -2.46. The van der Waals surface area contributed by atoms with Crippen molar-refractivity contribution in [1.82, 2.24) is 4.98 Å². The standard InChI is InChI=1S/C15H14ClN3O3S2/c1-8-9(2)23-15-13(8)14(20)11(24(21,22)19(15)3)7-18-12-5-4-10(16)6-17-12/h4-7H,1-3H3,(H,17,18)/b11-7+. The maximum absolute atomic E-state index is 12.7. The molecule has 3 heterocycles. The summed E-state index contributed by atoms with van der Waals surface area (Å²) in [6.07, 6.45) is 2.61. The van der Waals surface area contributed by atoms with E-state index in [2.05, 4.69) is 10.3 Å². The number of aromatic nitrogens is 1. The van der Waals surface area contributed by atoms with E-state index in [-0.39, 0.29) is 4.91 Å². The number of Topliss-reactive ketones (excluding diaryl/α,β-unsaturated/α-hetero) is 1. The van der Waals surface area contributed by atoms with Crippen molar-refractivity contribution in [2.75, 3.05) is 16.7 Å². The number of hydrogen-bond donors (Lipinski definition) is 1. The van der Waals surface area contributed by atoms with Crippen molar-refractivity contribution in [3.05, 3.63) is 50.5 Å². The van der Waals surface area contributed by atoms with E-state index in [0.717, 1.165) is 14.7 Å². The highest BCUT2D eigenvalue weighted by Crippen LogP contribution is 2.42. The SMILES string of the molecule is Cc1sc2c(c1C)C(=O)/C(=C\Nc1ccc(Cl)cn1)S(=O)(=O)N2C. The minimum Gasteiger partial charge on any atom is -0.345 e. The molecule has 2 aromatic heterocycles. The minimum atomic E-state index is -3.91. The van der Waals surface area contributed by atoms with Crippen molar-refractivity contribution in [1.29, 1.82) is 0 Å². The van der Waals surface area contributed by atoms with Gasteiger partial charge >= 0.3 is 0 Å². The van der Waals surface area contributed by atoms with E-state index in [4.69, 9.17) is 11.6 Å². The largest absolute Gasteiger partial charge is 0.345 e. The van der Waals surface area contributed by atoms with Crippen LogP contribution in [0.2, 0.25) is 5.02 Å². The summed E-state index contributed by atoms with van der Waals surface area (Å²) in [6.45, 7) is 3.69. The van der Waals surface area contributed by atoms with Crippen LogP contribution in [-0.4, -0.2) is 26.2 Å². The van der Waals surface area contributed by atoms with Crippen molar-refractivity contribution in [3.8, 4) is 0 Å². The molecular formula is C15H14ClN3O3S2. The number of nitrogens with zero attached hydrogens (tertiary/aromatic N) is 2. The van der Waals surface area contributed by atoms with Gasteiger partial charge in [0.1, 0.15) is 10.8 Å². The molecule has 1 N–H and O–H groups in total. The summed E-state index contributed by atoms with van der Waals surface area (Å²) in [5, 5.41) is 3.67. The molecule has 0 atom stereocenters. The van der Waals surface area contributed by atoms with Crippen molar-refractivity contribution in [2.24, 2.45) is 0 Å². The third kappa shape index (κ3) is 2.60. The number of sulfonamides is 1. The molecule has 126 valence electrons. The Morgan fingerprint density at radius 2 is 2.04 bits per heavy atom. The van der Waals surface area contributed by atoms with Crippen LogP contribution in [0.5, 0.6) is 0 Å². The van der Waals surface area contributed by atoms with Gasteiger partial charge in [-0.25, -0.2) is 13.4 Å². The number of aryl methyl sites for hydroxylation is 1. The number of carbonyl (C=O) groups excluding carboxylic acids is 1. The van der Waals surface area contributed by atoms with Crippen LogP contribution in [0.15, 0.2) is 29.4 Å². The second-order valence-corrected chi connectivity index (χ2v) is 8.86. The zero-order valence-electron chi connectivity index (χ0n) is 13.1. The molecular weight excluding hydrogens is 370 g/mol. The van der Waals surface area contributed by atoms with Gasteiger partial charge in [-0.1, -0.05) is 11.6 Å². The fraction of sp³-hybridized carbons (Fsp3) is 0.200. The third-order valence-electron chi connectivity index (χ3n) is 3.82. The number of rotatable bonds is 2. The van der Waals surface area contributed by atoms with Crippen LogP contribution in [0, 0.1) is 13.8 Å². The molecule has 1 aliphatic heterocycles. The number of ketones is 1. The second-order valence-electron chi connectivity index (χ2n) is 5.28. The zero-order valence-corrected chi connectivity index (χ0v) is 15.5. The number of allylic oxidation sites excluding steroid dienone is 1. The van der Waals surface area contributed by atoms with Crippen LogP contribution in [0.1, 0.15) is 20.8 Å². The van der Waals surface area contributed by atoms with E-state index < -0.39 is 15.8 Å². The topological polar surface area (TPSA) is 79.4 Å². The quantitative estimate of drug-likeness (QED) is 0.804. The summed E-state index contributed by atoms with van der Waals surface area (Å²) in [4.78, 5) is 17.4. The first-order valence-electron chi connectivity index (χ1n) is 6.95. The van der Waals surface area contributed by atoms with E-state index in [0.29, 0.717) is 21.4 Å². The molecule has 0 spiro atoms. The van der Waals surface area contributed by atoms with Gasteiger partial charge in [0.05, 0.1) is 10.6 Å². The molecule has 0 aliphatic carbocycles. The van der Waals surface area contributed by atoms with Crippen LogP contribution >= 0.6 is 22.9 Å². The maximum Gasteiger partial charge on any atom is 0.270 e. The first-order chi connectivity index (χ1) is 11.2. The van der Waals surface area contributed by atoms with Crippen molar-refractivity contribution in [2.45, 2.75) is 13.8 Å². The summed E-state index contributed by atoms with van der Waals surface area (Å²) in [6, 6.07) is 3.21. The van der Waals surface area contributed by atoms with Gasteiger partial charge in [-0.3, -0.25) is 9.10 Å². The average Bonchev–Trinajstić information content (AvgIpc) is 2.83. The summed E-state index contributed by atoms with van der Waals surface area (Å²) >= 11 is 7.06. The first-order valence-corrected chi connectivity index (χ1v) is 9.59. The third-order valence-corrected chi connectivity index (χ3v) is 7.21. The Kier molecular flexibility index (Phi) is 4.15. The molecule has 0 saturated heterocycles. The van der Waals surface area contributed by atoms with E-state index in [9.17, 15) is 13.2 Å². The Bertz CT molecular complexity index is 963. The fourth-order valence-electron chi connectivity index (χ4n) is 2.34. The normalized spacial score (nSPS) is 17.9. The Morgan fingerprint density at radius 1 is 1.33 bits per heavy atom. The summed E-state index contributed by atoms with van der Waals surface area (Å²) < 4.78 is 26.4. The molecule has 24 heavy (non-hydrogen) atoms. The Hall–Kier alpha value is -1.90. The van der Waals surface area contributed by atoms with Gasteiger partial charge in [0, 0.05) is 24.3 Å². The molecule has 9 heteroatoms. The molecule has 2 aromatic rings. The van der Waals surface area contributed by atoms with E-state index >= 15 is 0 Å². The number of thiophene rings is 1. The van der Waals surface area contributed by atoms with Gasteiger partial charge in [-0.2, -0.15) is 0 Å². The van der Waals surface area contributed by atoms with Crippen molar-refractivity contribution in [3.63, 3.8) is 0 Å². The summed E-state index contributed by atoms with van der Waals surface area (Å²) in [5.74, 6) is -0.118. The monoisotopic (exact) mass is 383 g/mol. The molecule has 0 unspecified atom stereocenters. The van der Waals surface area contributed by atoms with Crippen LogP contribution < -0.4 is 9.62 Å². The number of halogens is 1. The van der Waals surface area contributed by atoms with E-state index in [1.54, 1.807) is 12.1 Å². The van der Waals surface area contributed by atoms with Crippen LogP contribution in [0.25, 0.3) is 0 Å². The number of carbonyl (C=O) groups is 1. The highest BCUT2D eigenvalue weighted by molar-refractivity contribution is 7.98. The Labute approximate surface area is 148 Å². The fourth-order valence-corrected chi connectivity index (χ4v) is 5.02. The predicted molar refractivity (Wildman–Crippen MR) is 96.4 cm³/mol. The molecule has 6 nitrogen and oxygen atoms in total. The molecule has 0 fully saturated rings. The lowest BCUT2D eigenvalue weighted by Gasteiger charge is -2.25. The van der Waals surface area contributed by atoms with Crippen LogP contribution in [0.3, 0.4) is 0 Å². The molecule has 0 aromatic carbocycles. The van der Waals surface area contributed by atoms with Gasteiger partial charge < -0.3 is 5.32 Å². The molecule has 1 aliphatic rings. The second kappa shape index (κ2) is 5.87. The lowest BCUT2D eigenvalue weighted by Crippen LogP contribution is -2.36. The Balaban J connectivity index is 2.07. The average molecular weight is 384 g/mol. The van der Waals surface area contributed by atoms with Gasteiger partial charge in [-0.05, 0) is 31.5 Å². The highest BCUT2D eigenvalue weighted by Gasteiger charge is 2.41. The van der Waals surface area contributed by atoms with Crippen molar-refractivity contribution < 1.29 is 13.2 Å².